The number of rotatable bonds is 5. The maximum atomic E-state index is 13.5. The van der Waals surface area contributed by atoms with Gasteiger partial charge in [0.2, 0.25) is 5.76 Å². The smallest absolute Gasteiger partial charge is 0.291 e. The third-order valence-electron chi connectivity index (χ3n) is 5.53. The van der Waals surface area contributed by atoms with Crippen LogP contribution in [0.3, 0.4) is 0 Å². The van der Waals surface area contributed by atoms with Gasteiger partial charge >= 0.3 is 0 Å². The molecule has 4 aromatic rings. The summed E-state index contributed by atoms with van der Waals surface area (Å²) in [6.07, 6.45) is 1.56. The summed E-state index contributed by atoms with van der Waals surface area (Å²) in [6, 6.07) is 15.9. The minimum absolute atomic E-state index is 0.0896. The van der Waals surface area contributed by atoms with Crippen molar-refractivity contribution < 1.29 is 18.4 Å². The SMILES string of the molecule is CCOc1ccc(C2c3c(oc4ccc(C)cc4c3=O)C(=O)N2Cc2ccco2)cc1. The number of hydrogen-bond donors (Lipinski definition) is 0. The molecule has 0 saturated heterocycles. The highest BCUT2D eigenvalue weighted by Crippen LogP contribution is 2.39. The molecule has 5 rings (SSSR count). The van der Waals surface area contributed by atoms with Gasteiger partial charge in [0, 0.05) is 0 Å². The molecule has 1 aliphatic rings. The predicted octanol–water partition coefficient (Wildman–Crippen LogP) is 4.84. The monoisotopic (exact) mass is 415 g/mol. The molecule has 2 aromatic heterocycles. The van der Waals surface area contributed by atoms with Crippen LogP contribution in [0.5, 0.6) is 5.75 Å². The number of amides is 1. The van der Waals surface area contributed by atoms with Crippen LogP contribution in [-0.2, 0) is 6.54 Å². The zero-order valence-electron chi connectivity index (χ0n) is 17.3. The molecule has 1 atom stereocenters. The number of benzene rings is 2. The van der Waals surface area contributed by atoms with Gasteiger partial charge in [-0.15, -0.1) is 0 Å². The van der Waals surface area contributed by atoms with Crippen LogP contribution in [-0.4, -0.2) is 17.4 Å². The summed E-state index contributed by atoms with van der Waals surface area (Å²) in [5.41, 5.74) is 2.34. The van der Waals surface area contributed by atoms with Crippen LogP contribution in [0.1, 0.15) is 46.0 Å². The van der Waals surface area contributed by atoms with Gasteiger partial charge in [0.1, 0.15) is 17.1 Å². The summed E-state index contributed by atoms with van der Waals surface area (Å²) in [6.45, 7) is 4.62. The maximum absolute atomic E-state index is 13.5. The first kappa shape index (κ1) is 19.2. The molecule has 1 unspecified atom stereocenters. The van der Waals surface area contributed by atoms with E-state index in [0.717, 1.165) is 16.9 Å². The highest BCUT2D eigenvalue weighted by Gasteiger charge is 2.43. The molecule has 0 saturated carbocycles. The van der Waals surface area contributed by atoms with Crippen molar-refractivity contribution in [3.8, 4) is 5.75 Å². The second kappa shape index (κ2) is 7.47. The highest BCUT2D eigenvalue weighted by atomic mass is 16.5. The molecule has 0 spiro atoms. The average molecular weight is 415 g/mol. The van der Waals surface area contributed by atoms with Gasteiger partial charge in [-0.05, 0) is 55.8 Å². The number of ether oxygens (including phenoxy) is 1. The van der Waals surface area contributed by atoms with Gasteiger partial charge in [0.25, 0.3) is 5.91 Å². The predicted molar refractivity (Wildman–Crippen MR) is 115 cm³/mol. The summed E-state index contributed by atoms with van der Waals surface area (Å²) in [4.78, 5) is 28.5. The van der Waals surface area contributed by atoms with Crippen molar-refractivity contribution >= 4 is 16.9 Å². The molecular formula is C25H21NO5. The van der Waals surface area contributed by atoms with E-state index in [-0.39, 0.29) is 23.6 Å². The van der Waals surface area contributed by atoms with Crippen LogP contribution in [0.4, 0.5) is 0 Å². The Hall–Kier alpha value is -3.80. The van der Waals surface area contributed by atoms with Crippen LogP contribution < -0.4 is 10.2 Å². The summed E-state index contributed by atoms with van der Waals surface area (Å²) in [5, 5.41) is 0.474. The molecule has 156 valence electrons. The topological polar surface area (TPSA) is 72.9 Å². The zero-order chi connectivity index (χ0) is 21.5. The Balaban J connectivity index is 1.70. The number of carbonyl (C=O) groups excluding carboxylic acids is 1. The van der Waals surface area contributed by atoms with Crippen LogP contribution in [0.25, 0.3) is 11.0 Å². The van der Waals surface area contributed by atoms with E-state index < -0.39 is 6.04 Å². The van der Waals surface area contributed by atoms with Gasteiger partial charge < -0.3 is 18.5 Å². The molecule has 1 aliphatic heterocycles. The number of hydrogen-bond acceptors (Lipinski definition) is 5. The van der Waals surface area contributed by atoms with Crippen molar-refractivity contribution in [2.24, 2.45) is 0 Å². The van der Waals surface area contributed by atoms with E-state index in [1.807, 2.05) is 44.2 Å². The Morgan fingerprint density at radius 1 is 1.06 bits per heavy atom. The lowest BCUT2D eigenvalue weighted by Gasteiger charge is -2.24. The van der Waals surface area contributed by atoms with Gasteiger partial charge in [0.15, 0.2) is 5.43 Å². The number of nitrogens with zero attached hydrogens (tertiary/aromatic N) is 1. The normalized spacial score (nSPS) is 15.5. The minimum atomic E-state index is -0.579. The molecule has 0 bridgehead atoms. The molecule has 2 aromatic carbocycles. The van der Waals surface area contributed by atoms with E-state index in [1.165, 1.54) is 0 Å². The molecule has 3 heterocycles. The number of carbonyl (C=O) groups is 1. The fourth-order valence-electron chi connectivity index (χ4n) is 4.13. The number of furan rings is 1. The molecule has 6 nitrogen and oxygen atoms in total. The molecule has 1 amide bonds. The van der Waals surface area contributed by atoms with Crippen molar-refractivity contribution in [1.29, 1.82) is 0 Å². The number of aryl methyl sites for hydroxylation is 1. The molecule has 0 radical (unpaired) electrons. The van der Waals surface area contributed by atoms with Gasteiger partial charge in [-0.1, -0.05) is 23.8 Å². The lowest BCUT2D eigenvalue weighted by atomic mass is 9.98. The van der Waals surface area contributed by atoms with Crippen molar-refractivity contribution in [1.82, 2.24) is 4.90 Å². The minimum Gasteiger partial charge on any atom is -0.494 e. The Kier molecular flexibility index (Phi) is 4.62. The largest absolute Gasteiger partial charge is 0.494 e. The Bertz CT molecular complexity index is 1320. The second-order valence-electron chi connectivity index (χ2n) is 7.59. The first-order valence-corrected chi connectivity index (χ1v) is 10.2. The first-order valence-electron chi connectivity index (χ1n) is 10.2. The molecule has 6 heteroatoms. The molecule has 0 fully saturated rings. The Morgan fingerprint density at radius 3 is 2.58 bits per heavy atom. The Morgan fingerprint density at radius 2 is 1.87 bits per heavy atom. The summed E-state index contributed by atoms with van der Waals surface area (Å²) >= 11 is 0. The van der Waals surface area contributed by atoms with E-state index in [2.05, 4.69) is 0 Å². The van der Waals surface area contributed by atoms with Crippen molar-refractivity contribution in [2.75, 3.05) is 6.61 Å². The first-order chi connectivity index (χ1) is 15.1. The summed E-state index contributed by atoms with van der Waals surface area (Å²) < 4.78 is 17.0. The molecular weight excluding hydrogens is 394 g/mol. The van der Waals surface area contributed by atoms with Gasteiger partial charge in [0.05, 0.1) is 36.4 Å². The fraction of sp³-hybridized carbons (Fsp3) is 0.200. The van der Waals surface area contributed by atoms with E-state index >= 15 is 0 Å². The Labute approximate surface area is 178 Å². The maximum Gasteiger partial charge on any atom is 0.291 e. The second-order valence-corrected chi connectivity index (χ2v) is 7.59. The zero-order valence-corrected chi connectivity index (χ0v) is 17.3. The van der Waals surface area contributed by atoms with Crippen LogP contribution in [0.15, 0.2) is 74.5 Å². The van der Waals surface area contributed by atoms with E-state index in [0.29, 0.717) is 28.9 Å². The number of fused-ring (bicyclic) bond motifs is 2. The quantitative estimate of drug-likeness (QED) is 0.466. The van der Waals surface area contributed by atoms with E-state index in [9.17, 15) is 9.59 Å². The molecule has 0 N–H and O–H groups in total. The van der Waals surface area contributed by atoms with Gasteiger partial charge in [-0.25, -0.2) is 0 Å². The van der Waals surface area contributed by atoms with E-state index in [4.69, 9.17) is 13.6 Å². The fourth-order valence-corrected chi connectivity index (χ4v) is 4.13. The van der Waals surface area contributed by atoms with Crippen LogP contribution in [0.2, 0.25) is 0 Å². The third kappa shape index (κ3) is 3.20. The van der Waals surface area contributed by atoms with Crippen molar-refractivity contribution in [3.63, 3.8) is 0 Å². The molecule has 31 heavy (non-hydrogen) atoms. The van der Waals surface area contributed by atoms with Crippen molar-refractivity contribution in [3.05, 3.63) is 99.3 Å². The lowest BCUT2D eigenvalue weighted by molar-refractivity contribution is 0.0701. The van der Waals surface area contributed by atoms with Gasteiger partial charge in [-0.2, -0.15) is 0 Å². The van der Waals surface area contributed by atoms with E-state index in [1.54, 1.807) is 35.4 Å². The van der Waals surface area contributed by atoms with Gasteiger partial charge in [-0.3, -0.25) is 9.59 Å². The lowest BCUT2D eigenvalue weighted by Crippen LogP contribution is -2.29. The third-order valence-corrected chi connectivity index (χ3v) is 5.53. The molecule has 0 aliphatic carbocycles. The standard InChI is InChI=1S/C25H21NO5/c1-3-29-17-9-7-16(8-10-17)22-21-23(27)19-13-15(2)6-11-20(19)31-24(21)25(28)26(22)14-18-5-4-12-30-18/h4-13,22H,3,14H2,1-2H3. The average Bonchev–Trinajstić information content (AvgIpc) is 3.37. The van der Waals surface area contributed by atoms with Crippen LogP contribution in [0, 0.1) is 6.92 Å². The van der Waals surface area contributed by atoms with Crippen molar-refractivity contribution in [2.45, 2.75) is 26.4 Å². The highest BCUT2D eigenvalue weighted by molar-refractivity contribution is 5.99. The summed E-state index contributed by atoms with van der Waals surface area (Å²) in [7, 11) is 0. The van der Waals surface area contributed by atoms with Crippen LogP contribution >= 0.6 is 0 Å². The summed E-state index contributed by atoms with van der Waals surface area (Å²) in [5.74, 6) is 1.12.